The first-order chi connectivity index (χ1) is 14.6. The van der Waals surface area contributed by atoms with Crippen LogP contribution in [0.15, 0.2) is 65.3 Å². The molecule has 2 aromatic rings. The second-order valence-corrected chi connectivity index (χ2v) is 7.02. The van der Waals surface area contributed by atoms with Gasteiger partial charge in [0.25, 0.3) is 5.91 Å². The maximum Gasteiger partial charge on any atom is 0.314 e. The van der Waals surface area contributed by atoms with E-state index >= 15 is 0 Å². The van der Waals surface area contributed by atoms with E-state index in [9.17, 15) is 9.59 Å². The third kappa shape index (κ3) is 3.87. The standard InChI is InChI=1S/C23H21N3O4/c1-3-12-26-18-7-5-4-6-17(18)21(22(26)27)25-24-14-15-8-11-19(20(13-15)29-2)30-23(28)16-9-10-16/h3-8,11,13-14,16H,1,9-10,12H2,2H3/b24-14-,25-21+. The number of carbonyl (C=O) groups excluding carboxylic acids is 2. The molecule has 30 heavy (non-hydrogen) atoms. The third-order valence-electron chi connectivity index (χ3n) is 4.88. The Kier molecular flexibility index (Phi) is 5.43. The van der Waals surface area contributed by atoms with Crippen LogP contribution in [0.25, 0.3) is 0 Å². The van der Waals surface area contributed by atoms with E-state index in [1.165, 1.54) is 13.3 Å². The number of fused-ring (bicyclic) bond motifs is 1. The Morgan fingerprint density at radius 2 is 2.03 bits per heavy atom. The normalized spacial score (nSPS) is 16.8. The van der Waals surface area contributed by atoms with E-state index in [0.29, 0.717) is 23.6 Å². The summed E-state index contributed by atoms with van der Waals surface area (Å²) in [5, 5.41) is 8.26. The summed E-state index contributed by atoms with van der Waals surface area (Å²) >= 11 is 0. The van der Waals surface area contributed by atoms with Gasteiger partial charge in [-0.25, -0.2) is 0 Å². The van der Waals surface area contributed by atoms with Gasteiger partial charge in [-0.2, -0.15) is 5.10 Å². The van der Waals surface area contributed by atoms with Gasteiger partial charge in [-0.1, -0.05) is 24.3 Å². The molecule has 7 heteroatoms. The molecule has 0 radical (unpaired) electrons. The van der Waals surface area contributed by atoms with Gasteiger partial charge in [0.2, 0.25) is 0 Å². The van der Waals surface area contributed by atoms with Crippen LogP contribution in [0.4, 0.5) is 5.69 Å². The number of carbonyl (C=O) groups is 2. The largest absolute Gasteiger partial charge is 0.493 e. The molecule has 1 saturated carbocycles. The lowest BCUT2D eigenvalue weighted by Gasteiger charge is -2.13. The molecule has 0 unspecified atom stereocenters. The average molecular weight is 403 g/mol. The second-order valence-electron chi connectivity index (χ2n) is 7.02. The van der Waals surface area contributed by atoms with Crippen molar-refractivity contribution in [1.29, 1.82) is 0 Å². The Morgan fingerprint density at radius 1 is 1.23 bits per heavy atom. The molecule has 2 aromatic carbocycles. The van der Waals surface area contributed by atoms with E-state index in [2.05, 4.69) is 16.8 Å². The highest BCUT2D eigenvalue weighted by Gasteiger charge is 2.33. The van der Waals surface area contributed by atoms with Crippen LogP contribution in [0.5, 0.6) is 11.5 Å². The molecule has 0 atom stereocenters. The van der Waals surface area contributed by atoms with Gasteiger partial charge in [0, 0.05) is 12.1 Å². The highest BCUT2D eigenvalue weighted by Crippen LogP contribution is 2.34. The molecule has 0 bridgehead atoms. The Labute approximate surface area is 174 Å². The van der Waals surface area contributed by atoms with Crippen molar-refractivity contribution < 1.29 is 19.1 Å². The summed E-state index contributed by atoms with van der Waals surface area (Å²) < 4.78 is 10.7. The Balaban J connectivity index is 1.55. The van der Waals surface area contributed by atoms with E-state index in [1.54, 1.807) is 29.2 Å². The summed E-state index contributed by atoms with van der Waals surface area (Å²) in [4.78, 5) is 26.2. The lowest BCUT2D eigenvalue weighted by molar-refractivity contribution is -0.135. The maximum atomic E-state index is 12.7. The molecule has 1 heterocycles. The van der Waals surface area contributed by atoms with E-state index in [0.717, 1.165) is 24.1 Å². The fourth-order valence-electron chi connectivity index (χ4n) is 3.18. The summed E-state index contributed by atoms with van der Waals surface area (Å²) in [7, 11) is 1.51. The first kappa shape index (κ1) is 19.6. The number of para-hydroxylation sites is 1. The number of benzene rings is 2. The number of anilines is 1. The van der Waals surface area contributed by atoms with Crippen LogP contribution >= 0.6 is 0 Å². The number of methoxy groups -OCH3 is 1. The van der Waals surface area contributed by atoms with E-state index in [1.807, 2.05) is 24.3 Å². The van der Waals surface area contributed by atoms with E-state index < -0.39 is 0 Å². The molecule has 1 fully saturated rings. The minimum absolute atomic E-state index is 0.000693. The molecule has 0 aromatic heterocycles. The van der Waals surface area contributed by atoms with Gasteiger partial charge in [-0.3, -0.25) is 9.59 Å². The molecule has 0 saturated heterocycles. The smallest absolute Gasteiger partial charge is 0.314 e. The van der Waals surface area contributed by atoms with Crippen LogP contribution < -0.4 is 14.4 Å². The number of hydrogen-bond acceptors (Lipinski definition) is 6. The summed E-state index contributed by atoms with van der Waals surface area (Å²) in [6.07, 6.45) is 4.94. The lowest BCUT2D eigenvalue weighted by atomic mass is 10.1. The van der Waals surface area contributed by atoms with Gasteiger partial charge in [0.15, 0.2) is 17.2 Å². The van der Waals surface area contributed by atoms with Crippen LogP contribution in [0.1, 0.15) is 24.0 Å². The van der Waals surface area contributed by atoms with Crippen molar-refractivity contribution in [3.63, 3.8) is 0 Å². The van der Waals surface area contributed by atoms with Crippen molar-refractivity contribution in [1.82, 2.24) is 0 Å². The molecular formula is C23H21N3O4. The minimum Gasteiger partial charge on any atom is -0.493 e. The van der Waals surface area contributed by atoms with Gasteiger partial charge in [0.05, 0.1) is 24.9 Å². The summed E-state index contributed by atoms with van der Waals surface area (Å²) in [6, 6.07) is 12.6. The van der Waals surface area contributed by atoms with Crippen molar-refractivity contribution in [2.45, 2.75) is 12.8 Å². The molecule has 1 amide bonds. The molecular weight excluding hydrogens is 382 g/mol. The number of esters is 1. The van der Waals surface area contributed by atoms with Gasteiger partial charge < -0.3 is 14.4 Å². The number of nitrogens with zero attached hydrogens (tertiary/aromatic N) is 3. The molecule has 152 valence electrons. The predicted octanol–water partition coefficient (Wildman–Crippen LogP) is 3.37. The van der Waals surface area contributed by atoms with Crippen LogP contribution in [0.3, 0.4) is 0 Å². The van der Waals surface area contributed by atoms with Crippen molar-refractivity contribution >= 4 is 29.5 Å². The fourth-order valence-corrected chi connectivity index (χ4v) is 3.18. The zero-order valence-corrected chi connectivity index (χ0v) is 16.6. The lowest BCUT2D eigenvalue weighted by Crippen LogP contribution is -2.30. The number of ether oxygens (including phenoxy) is 2. The topological polar surface area (TPSA) is 80.6 Å². The van der Waals surface area contributed by atoms with Crippen LogP contribution in [-0.4, -0.2) is 37.5 Å². The predicted molar refractivity (Wildman–Crippen MR) is 114 cm³/mol. The van der Waals surface area contributed by atoms with Crippen LogP contribution in [-0.2, 0) is 9.59 Å². The van der Waals surface area contributed by atoms with Gasteiger partial charge in [-0.05, 0) is 42.7 Å². The highest BCUT2D eigenvalue weighted by atomic mass is 16.6. The van der Waals surface area contributed by atoms with Crippen molar-refractivity contribution in [2.75, 3.05) is 18.6 Å². The molecule has 7 nitrogen and oxygen atoms in total. The molecule has 4 rings (SSSR count). The Bertz CT molecular complexity index is 1070. The van der Waals surface area contributed by atoms with E-state index in [4.69, 9.17) is 9.47 Å². The van der Waals surface area contributed by atoms with Gasteiger partial charge >= 0.3 is 5.97 Å². The van der Waals surface area contributed by atoms with Crippen LogP contribution in [0, 0.1) is 5.92 Å². The second kappa shape index (κ2) is 8.32. The fraction of sp³-hybridized carbons (Fsp3) is 0.217. The number of hydrogen-bond donors (Lipinski definition) is 0. The van der Waals surface area contributed by atoms with Gasteiger partial charge in [0.1, 0.15) is 0 Å². The summed E-state index contributed by atoms with van der Waals surface area (Å²) in [6.45, 7) is 4.11. The Morgan fingerprint density at radius 3 is 2.77 bits per heavy atom. The van der Waals surface area contributed by atoms with Gasteiger partial charge in [-0.15, -0.1) is 11.7 Å². The third-order valence-corrected chi connectivity index (χ3v) is 4.88. The van der Waals surface area contributed by atoms with Crippen molar-refractivity contribution in [3.05, 3.63) is 66.2 Å². The quantitative estimate of drug-likeness (QED) is 0.233. The molecule has 0 spiro atoms. The Hall–Kier alpha value is -3.74. The maximum absolute atomic E-state index is 12.7. The zero-order valence-electron chi connectivity index (χ0n) is 16.6. The van der Waals surface area contributed by atoms with Crippen LogP contribution in [0.2, 0.25) is 0 Å². The molecule has 1 aliphatic carbocycles. The monoisotopic (exact) mass is 403 g/mol. The zero-order chi connectivity index (χ0) is 21.1. The summed E-state index contributed by atoms with van der Waals surface area (Å²) in [5.41, 5.74) is 2.51. The van der Waals surface area contributed by atoms with Crippen molar-refractivity contribution in [2.24, 2.45) is 16.1 Å². The van der Waals surface area contributed by atoms with E-state index in [-0.39, 0.29) is 23.5 Å². The first-order valence-electron chi connectivity index (χ1n) is 9.65. The highest BCUT2D eigenvalue weighted by molar-refractivity contribution is 6.54. The average Bonchev–Trinajstić information content (AvgIpc) is 3.58. The van der Waals surface area contributed by atoms with Crippen molar-refractivity contribution in [3.8, 4) is 11.5 Å². The molecule has 1 aliphatic heterocycles. The summed E-state index contributed by atoms with van der Waals surface area (Å²) in [5.74, 6) is 0.355. The molecule has 2 aliphatic rings. The number of rotatable bonds is 7. The number of amides is 1. The molecule has 0 N–H and O–H groups in total. The first-order valence-corrected chi connectivity index (χ1v) is 9.65. The SMILES string of the molecule is C=CCN1C(=O)/C(=N/N=C\c2ccc(OC(=O)C3CC3)c(OC)c2)c2ccccc21. The minimum atomic E-state index is -0.233.